The number of hydrogen-bond acceptors (Lipinski definition) is 2. The zero-order valence-corrected chi connectivity index (χ0v) is 13.0. The van der Waals surface area contributed by atoms with Crippen molar-refractivity contribution in [2.45, 2.75) is 57.6 Å². The zero-order chi connectivity index (χ0) is 14.9. The maximum absolute atomic E-state index is 14.4. The van der Waals surface area contributed by atoms with E-state index in [9.17, 15) is 9.50 Å². The molecule has 1 unspecified atom stereocenters. The molecule has 20 heavy (non-hydrogen) atoms. The molecule has 112 valence electrons. The maximum atomic E-state index is 14.4. The second kappa shape index (κ2) is 5.82. The van der Waals surface area contributed by atoms with Crippen LogP contribution in [0.25, 0.3) is 0 Å². The molecule has 0 aliphatic heterocycles. The van der Waals surface area contributed by atoms with E-state index in [1.165, 1.54) is 12.5 Å². The van der Waals surface area contributed by atoms with Gasteiger partial charge in [0, 0.05) is 5.56 Å². The fourth-order valence-corrected chi connectivity index (χ4v) is 3.67. The summed E-state index contributed by atoms with van der Waals surface area (Å²) in [6, 6.07) is 3.48. The lowest BCUT2D eigenvalue weighted by Gasteiger charge is -2.46. The van der Waals surface area contributed by atoms with Gasteiger partial charge in [0.2, 0.25) is 0 Å². The van der Waals surface area contributed by atoms with E-state index in [2.05, 4.69) is 4.90 Å². The lowest BCUT2D eigenvalue weighted by molar-refractivity contribution is -0.0355. The molecule has 0 heterocycles. The van der Waals surface area contributed by atoms with Gasteiger partial charge in [-0.15, -0.1) is 0 Å². The van der Waals surface area contributed by atoms with Gasteiger partial charge in [-0.25, -0.2) is 4.39 Å². The van der Waals surface area contributed by atoms with Crippen LogP contribution in [0.5, 0.6) is 0 Å². The predicted octanol–water partition coefficient (Wildman–Crippen LogP) is 3.74. The summed E-state index contributed by atoms with van der Waals surface area (Å²) in [6.07, 6.45) is 4.49. The molecule has 3 heteroatoms. The van der Waals surface area contributed by atoms with Crippen molar-refractivity contribution in [3.8, 4) is 0 Å². The van der Waals surface area contributed by atoms with Gasteiger partial charge < -0.3 is 10.0 Å². The van der Waals surface area contributed by atoms with Gasteiger partial charge in [-0.05, 0) is 58.0 Å². The Morgan fingerprint density at radius 2 is 1.75 bits per heavy atom. The van der Waals surface area contributed by atoms with Crippen LogP contribution in [0, 0.1) is 19.7 Å². The number of likely N-dealkylation sites (N-methyl/N-ethyl adjacent to an activating group) is 1. The van der Waals surface area contributed by atoms with Gasteiger partial charge in [0.05, 0.1) is 5.54 Å². The average molecular weight is 279 g/mol. The Morgan fingerprint density at radius 1 is 1.15 bits per heavy atom. The fraction of sp³-hybridized carbons (Fsp3) is 0.647. The van der Waals surface area contributed by atoms with E-state index < -0.39 is 6.10 Å². The smallest absolute Gasteiger partial charge is 0.129 e. The number of aryl methyl sites for hydroxylation is 2. The molecule has 1 fully saturated rings. The van der Waals surface area contributed by atoms with Crippen LogP contribution in [-0.2, 0) is 0 Å². The van der Waals surface area contributed by atoms with E-state index in [1.807, 2.05) is 34.0 Å². The third-order valence-electron chi connectivity index (χ3n) is 4.87. The van der Waals surface area contributed by atoms with E-state index in [0.29, 0.717) is 5.56 Å². The number of rotatable bonds is 3. The molecule has 0 bridgehead atoms. The highest BCUT2D eigenvalue weighted by Crippen LogP contribution is 2.43. The Bertz CT molecular complexity index is 455. The lowest BCUT2D eigenvalue weighted by atomic mass is 9.73. The van der Waals surface area contributed by atoms with Crippen LogP contribution in [0.15, 0.2) is 12.1 Å². The van der Waals surface area contributed by atoms with Gasteiger partial charge in [0.1, 0.15) is 11.9 Å². The van der Waals surface area contributed by atoms with Gasteiger partial charge in [-0.2, -0.15) is 0 Å². The summed E-state index contributed by atoms with van der Waals surface area (Å²) in [5, 5.41) is 10.9. The predicted molar refractivity (Wildman–Crippen MR) is 80.3 cm³/mol. The topological polar surface area (TPSA) is 23.5 Å². The van der Waals surface area contributed by atoms with E-state index in [-0.39, 0.29) is 11.4 Å². The van der Waals surface area contributed by atoms with Crippen LogP contribution in [0.4, 0.5) is 4.39 Å². The van der Waals surface area contributed by atoms with Crippen LogP contribution < -0.4 is 0 Å². The van der Waals surface area contributed by atoms with Crippen LogP contribution in [-0.4, -0.2) is 29.6 Å². The molecule has 2 nitrogen and oxygen atoms in total. The second-order valence-corrected chi connectivity index (χ2v) is 6.44. The van der Waals surface area contributed by atoms with Crippen LogP contribution in [0.1, 0.15) is 54.9 Å². The Morgan fingerprint density at radius 3 is 2.25 bits per heavy atom. The van der Waals surface area contributed by atoms with Crippen molar-refractivity contribution in [3.05, 3.63) is 34.6 Å². The molecule has 0 radical (unpaired) electrons. The van der Waals surface area contributed by atoms with Gasteiger partial charge in [-0.3, -0.25) is 0 Å². The minimum Gasteiger partial charge on any atom is -0.386 e. The van der Waals surface area contributed by atoms with Crippen molar-refractivity contribution in [1.29, 1.82) is 0 Å². The number of nitrogens with zero attached hydrogens (tertiary/aromatic N) is 1. The average Bonchev–Trinajstić information content (AvgIpc) is 2.37. The first-order valence-electron chi connectivity index (χ1n) is 7.50. The summed E-state index contributed by atoms with van der Waals surface area (Å²) in [5.41, 5.74) is 1.89. The van der Waals surface area contributed by atoms with Gasteiger partial charge in [0.15, 0.2) is 0 Å². The first-order chi connectivity index (χ1) is 9.38. The molecule has 1 aliphatic carbocycles. The first-order valence-corrected chi connectivity index (χ1v) is 7.50. The molecular weight excluding hydrogens is 253 g/mol. The highest BCUT2D eigenvalue weighted by atomic mass is 19.1. The highest BCUT2D eigenvalue weighted by Gasteiger charge is 2.43. The number of benzene rings is 1. The molecular formula is C17H26FNO. The van der Waals surface area contributed by atoms with Crippen molar-refractivity contribution in [3.63, 3.8) is 0 Å². The maximum Gasteiger partial charge on any atom is 0.129 e. The highest BCUT2D eigenvalue weighted by molar-refractivity contribution is 5.35. The van der Waals surface area contributed by atoms with Crippen LogP contribution in [0.3, 0.4) is 0 Å². The molecule has 1 aromatic rings. The molecule has 0 saturated heterocycles. The van der Waals surface area contributed by atoms with Crippen molar-refractivity contribution < 1.29 is 9.50 Å². The number of aliphatic hydroxyl groups excluding tert-OH is 1. The van der Waals surface area contributed by atoms with Crippen LogP contribution in [0.2, 0.25) is 0 Å². The third kappa shape index (κ3) is 2.61. The van der Waals surface area contributed by atoms with Crippen LogP contribution >= 0.6 is 0 Å². The Labute approximate surface area is 121 Å². The summed E-state index contributed by atoms with van der Waals surface area (Å²) in [6.45, 7) is 3.77. The Kier molecular flexibility index (Phi) is 4.50. The number of hydrogen-bond donors (Lipinski definition) is 1. The molecule has 0 spiro atoms. The molecule has 1 saturated carbocycles. The first kappa shape index (κ1) is 15.5. The van der Waals surface area contributed by atoms with E-state index in [4.69, 9.17) is 0 Å². The van der Waals surface area contributed by atoms with Crippen molar-refractivity contribution in [1.82, 2.24) is 4.90 Å². The number of halogens is 1. The molecule has 0 aromatic heterocycles. The molecule has 1 aliphatic rings. The summed E-state index contributed by atoms with van der Waals surface area (Å²) >= 11 is 0. The molecule has 1 N–H and O–H groups in total. The Balaban J connectivity index is 2.45. The summed E-state index contributed by atoms with van der Waals surface area (Å²) in [4.78, 5) is 2.09. The largest absolute Gasteiger partial charge is 0.386 e. The summed E-state index contributed by atoms with van der Waals surface area (Å²) in [5.74, 6) is -0.276. The molecule has 1 atom stereocenters. The summed E-state index contributed by atoms with van der Waals surface area (Å²) < 4.78 is 14.4. The zero-order valence-electron chi connectivity index (χ0n) is 13.0. The standard InChI is InChI=1S/C17H26FNO/c1-12-10-13(2)15(14(18)11-12)16(20)17(19(3)4)8-6-5-7-9-17/h10-11,16,20H,5-9H2,1-4H3. The Hall–Kier alpha value is -0.930. The quantitative estimate of drug-likeness (QED) is 0.911. The van der Waals surface area contributed by atoms with Crippen molar-refractivity contribution in [2.24, 2.45) is 0 Å². The van der Waals surface area contributed by atoms with Gasteiger partial charge in [-0.1, -0.05) is 25.3 Å². The molecule has 2 rings (SSSR count). The van der Waals surface area contributed by atoms with Crippen molar-refractivity contribution >= 4 is 0 Å². The van der Waals surface area contributed by atoms with Crippen molar-refractivity contribution in [2.75, 3.05) is 14.1 Å². The molecule has 0 amide bonds. The van der Waals surface area contributed by atoms with Gasteiger partial charge >= 0.3 is 0 Å². The van der Waals surface area contributed by atoms with Gasteiger partial charge in [0.25, 0.3) is 0 Å². The van der Waals surface area contributed by atoms with E-state index in [1.54, 1.807) is 0 Å². The second-order valence-electron chi connectivity index (χ2n) is 6.44. The minimum atomic E-state index is -0.765. The van der Waals surface area contributed by atoms with E-state index in [0.717, 1.165) is 36.8 Å². The summed E-state index contributed by atoms with van der Waals surface area (Å²) in [7, 11) is 3.99. The number of aliphatic hydroxyl groups is 1. The monoisotopic (exact) mass is 279 g/mol. The minimum absolute atomic E-state index is 0.276. The van der Waals surface area contributed by atoms with E-state index >= 15 is 0 Å². The lowest BCUT2D eigenvalue weighted by Crippen LogP contribution is -2.51. The molecule has 1 aromatic carbocycles. The normalized spacial score (nSPS) is 20.1. The SMILES string of the molecule is Cc1cc(C)c(C(O)C2(N(C)C)CCCCC2)c(F)c1. The third-order valence-corrected chi connectivity index (χ3v) is 4.87. The fourth-order valence-electron chi connectivity index (χ4n) is 3.67.